The highest BCUT2D eigenvalue weighted by Crippen LogP contribution is 2.25. The molecule has 1 fully saturated rings. The number of rotatable bonds is 3. The Morgan fingerprint density at radius 1 is 1.28 bits per heavy atom. The van der Waals surface area contributed by atoms with Crippen molar-refractivity contribution in [2.75, 3.05) is 0 Å². The van der Waals surface area contributed by atoms with Gasteiger partial charge in [0.15, 0.2) is 0 Å². The van der Waals surface area contributed by atoms with Gasteiger partial charge in [0.2, 0.25) is 0 Å². The molecule has 0 spiro atoms. The van der Waals surface area contributed by atoms with E-state index in [9.17, 15) is 5.11 Å². The Kier molecular flexibility index (Phi) is 4.40. The van der Waals surface area contributed by atoms with Crippen LogP contribution in [0.5, 0.6) is 5.75 Å². The van der Waals surface area contributed by atoms with Gasteiger partial charge in [-0.3, -0.25) is 4.99 Å². The molecule has 1 aromatic carbocycles. The summed E-state index contributed by atoms with van der Waals surface area (Å²) in [6.07, 6.45) is 9.06. The number of nitrogens with zero attached hydrogens (tertiary/aromatic N) is 1. The molecule has 0 radical (unpaired) electrons. The van der Waals surface area contributed by atoms with E-state index >= 15 is 0 Å². The van der Waals surface area contributed by atoms with Gasteiger partial charge in [-0.1, -0.05) is 32.3 Å². The molecule has 1 aliphatic rings. The van der Waals surface area contributed by atoms with Gasteiger partial charge in [-0.2, -0.15) is 0 Å². The van der Waals surface area contributed by atoms with Gasteiger partial charge >= 0.3 is 0 Å². The molecule has 0 saturated heterocycles. The van der Waals surface area contributed by atoms with Crippen LogP contribution in [0, 0.1) is 6.92 Å². The molecule has 1 saturated carbocycles. The molecule has 0 bridgehead atoms. The highest BCUT2D eigenvalue weighted by Gasteiger charge is 2.11. The van der Waals surface area contributed by atoms with Crippen LogP contribution in [0.2, 0.25) is 0 Å². The number of hydrogen-bond donors (Lipinski definition) is 1. The molecule has 0 amide bonds. The van der Waals surface area contributed by atoms with Crippen LogP contribution in [0.3, 0.4) is 0 Å². The van der Waals surface area contributed by atoms with E-state index in [4.69, 9.17) is 0 Å². The fourth-order valence-corrected chi connectivity index (χ4v) is 2.67. The first-order valence-corrected chi connectivity index (χ1v) is 7.06. The summed E-state index contributed by atoms with van der Waals surface area (Å²) in [4.78, 5) is 4.65. The molecule has 0 aromatic heterocycles. The van der Waals surface area contributed by atoms with Crippen molar-refractivity contribution in [1.82, 2.24) is 0 Å². The minimum atomic E-state index is 0.405. The van der Waals surface area contributed by atoms with Gasteiger partial charge in [-0.15, -0.1) is 0 Å². The third-order valence-corrected chi connectivity index (χ3v) is 3.74. The third-order valence-electron chi connectivity index (χ3n) is 3.74. The first-order valence-electron chi connectivity index (χ1n) is 7.06. The van der Waals surface area contributed by atoms with Gasteiger partial charge in [-0.05, 0) is 43.4 Å². The average Bonchev–Trinajstić information content (AvgIpc) is 2.40. The highest BCUT2D eigenvalue weighted by molar-refractivity contribution is 5.84. The summed E-state index contributed by atoms with van der Waals surface area (Å²) < 4.78 is 0. The standard InChI is InChI=1S/C16H23NO/c1-3-13-9-12(2)10-14(16(13)18)11-17-15-7-5-4-6-8-15/h9-11,15,18H,3-8H2,1-2H3. The van der Waals surface area contributed by atoms with Crippen LogP contribution in [0.4, 0.5) is 0 Å². The zero-order valence-corrected chi connectivity index (χ0v) is 11.4. The number of hydrogen-bond acceptors (Lipinski definition) is 2. The SMILES string of the molecule is CCc1cc(C)cc(C=NC2CCCCC2)c1O. The Balaban J connectivity index is 2.17. The average molecular weight is 245 g/mol. The topological polar surface area (TPSA) is 32.6 Å². The van der Waals surface area contributed by atoms with E-state index < -0.39 is 0 Å². The first-order chi connectivity index (χ1) is 8.70. The van der Waals surface area contributed by atoms with Crippen LogP contribution >= 0.6 is 0 Å². The molecular formula is C16H23NO. The van der Waals surface area contributed by atoms with Crippen molar-refractivity contribution in [3.05, 3.63) is 28.8 Å². The maximum absolute atomic E-state index is 10.2. The molecule has 1 N–H and O–H groups in total. The van der Waals surface area contributed by atoms with Crippen LogP contribution in [0.15, 0.2) is 17.1 Å². The first kappa shape index (κ1) is 13.1. The lowest BCUT2D eigenvalue weighted by Crippen LogP contribution is -2.09. The maximum Gasteiger partial charge on any atom is 0.127 e. The number of benzene rings is 1. The van der Waals surface area contributed by atoms with Gasteiger partial charge in [0.25, 0.3) is 0 Å². The van der Waals surface area contributed by atoms with Gasteiger partial charge in [-0.25, -0.2) is 0 Å². The summed E-state index contributed by atoms with van der Waals surface area (Å²) in [5, 5.41) is 10.2. The fraction of sp³-hybridized carbons (Fsp3) is 0.562. The van der Waals surface area contributed by atoms with Crippen LogP contribution in [-0.4, -0.2) is 17.4 Å². The van der Waals surface area contributed by atoms with Crippen molar-refractivity contribution < 1.29 is 5.11 Å². The van der Waals surface area contributed by atoms with Crippen molar-refractivity contribution in [1.29, 1.82) is 0 Å². The summed E-state index contributed by atoms with van der Waals surface area (Å²) in [5.74, 6) is 0.405. The van der Waals surface area contributed by atoms with E-state index in [0.717, 1.165) is 17.5 Å². The van der Waals surface area contributed by atoms with E-state index in [1.165, 1.54) is 37.7 Å². The Labute approximate surface area is 110 Å². The summed E-state index contributed by atoms with van der Waals surface area (Å²) in [5.41, 5.74) is 3.08. The Bertz CT molecular complexity index is 431. The minimum absolute atomic E-state index is 0.405. The molecule has 0 unspecified atom stereocenters. The Morgan fingerprint density at radius 3 is 2.67 bits per heavy atom. The second kappa shape index (κ2) is 6.03. The summed E-state index contributed by atoms with van der Waals surface area (Å²) in [6.45, 7) is 4.13. The second-order valence-corrected chi connectivity index (χ2v) is 5.29. The lowest BCUT2D eigenvalue weighted by Gasteiger charge is -2.17. The summed E-state index contributed by atoms with van der Waals surface area (Å²) in [6, 6.07) is 4.53. The molecule has 98 valence electrons. The van der Waals surface area contributed by atoms with Gasteiger partial charge in [0.1, 0.15) is 5.75 Å². The van der Waals surface area contributed by atoms with E-state index in [0.29, 0.717) is 11.8 Å². The third kappa shape index (κ3) is 3.12. The molecule has 2 heteroatoms. The summed E-state index contributed by atoms with van der Waals surface area (Å²) >= 11 is 0. The van der Waals surface area contributed by atoms with Crippen molar-refractivity contribution >= 4 is 6.21 Å². The van der Waals surface area contributed by atoms with E-state index in [1.54, 1.807) is 0 Å². The molecule has 0 aliphatic heterocycles. The van der Waals surface area contributed by atoms with Crippen molar-refractivity contribution in [3.63, 3.8) is 0 Å². The lowest BCUT2D eigenvalue weighted by molar-refractivity contribution is 0.444. The zero-order valence-electron chi connectivity index (χ0n) is 11.4. The Morgan fingerprint density at radius 2 is 2.00 bits per heavy atom. The molecule has 18 heavy (non-hydrogen) atoms. The maximum atomic E-state index is 10.2. The highest BCUT2D eigenvalue weighted by atomic mass is 16.3. The predicted molar refractivity (Wildman–Crippen MR) is 76.7 cm³/mol. The van der Waals surface area contributed by atoms with E-state index in [1.807, 2.05) is 18.3 Å². The van der Waals surface area contributed by atoms with Crippen LogP contribution in [-0.2, 0) is 6.42 Å². The van der Waals surface area contributed by atoms with Crippen LogP contribution < -0.4 is 0 Å². The molecular weight excluding hydrogens is 222 g/mol. The minimum Gasteiger partial charge on any atom is -0.507 e. The molecule has 1 aromatic rings. The Hall–Kier alpha value is -1.31. The predicted octanol–water partition coefficient (Wildman–Crippen LogP) is 4.01. The molecule has 0 atom stereocenters. The van der Waals surface area contributed by atoms with Crippen molar-refractivity contribution in [2.24, 2.45) is 4.99 Å². The number of aryl methyl sites for hydroxylation is 2. The zero-order chi connectivity index (χ0) is 13.0. The number of phenols is 1. The number of phenolic OH excluding ortho intramolecular Hbond substituents is 1. The fourth-order valence-electron chi connectivity index (χ4n) is 2.67. The van der Waals surface area contributed by atoms with Crippen LogP contribution in [0.25, 0.3) is 0 Å². The molecule has 2 rings (SSSR count). The molecule has 2 nitrogen and oxygen atoms in total. The van der Waals surface area contributed by atoms with Crippen LogP contribution in [0.1, 0.15) is 55.7 Å². The monoisotopic (exact) mass is 245 g/mol. The smallest absolute Gasteiger partial charge is 0.127 e. The van der Waals surface area contributed by atoms with E-state index in [-0.39, 0.29) is 0 Å². The quantitative estimate of drug-likeness (QED) is 0.802. The van der Waals surface area contributed by atoms with Gasteiger partial charge < -0.3 is 5.11 Å². The van der Waals surface area contributed by atoms with Crippen molar-refractivity contribution in [3.8, 4) is 5.75 Å². The van der Waals surface area contributed by atoms with Gasteiger partial charge in [0, 0.05) is 17.8 Å². The van der Waals surface area contributed by atoms with Crippen molar-refractivity contribution in [2.45, 2.75) is 58.4 Å². The normalized spacial score (nSPS) is 17.4. The van der Waals surface area contributed by atoms with Gasteiger partial charge in [0.05, 0.1) is 0 Å². The second-order valence-electron chi connectivity index (χ2n) is 5.29. The number of aliphatic imine (C=N–C) groups is 1. The molecule has 1 aliphatic carbocycles. The summed E-state index contributed by atoms with van der Waals surface area (Å²) in [7, 11) is 0. The van der Waals surface area contributed by atoms with E-state index in [2.05, 4.69) is 18.8 Å². The lowest BCUT2D eigenvalue weighted by atomic mass is 9.96. The largest absolute Gasteiger partial charge is 0.507 e. The molecule has 0 heterocycles. The number of aromatic hydroxyl groups is 1.